The van der Waals surface area contributed by atoms with Crippen molar-refractivity contribution >= 4 is 22.2 Å². The van der Waals surface area contributed by atoms with Gasteiger partial charge < -0.3 is 14.3 Å². The van der Waals surface area contributed by atoms with Gasteiger partial charge in [-0.25, -0.2) is 4.39 Å². The number of hydrogen-bond donors (Lipinski definition) is 1. The average Bonchev–Trinajstić information content (AvgIpc) is 3.54. The number of halogens is 2. The molecule has 2 aromatic heterocycles. The van der Waals surface area contributed by atoms with Crippen molar-refractivity contribution in [3.8, 4) is 28.8 Å². The van der Waals surface area contributed by atoms with Gasteiger partial charge in [-0.15, -0.1) is 0 Å². The quantitative estimate of drug-likeness (QED) is 0.182. The summed E-state index contributed by atoms with van der Waals surface area (Å²) in [5.74, 6) is 1.91. The molecular formula is C33H30BrFN4O3. The predicted molar refractivity (Wildman–Crippen MR) is 162 cm³/mol. The van der Waals surface area contributed by atoms with Crippen molar-refractivity contribution in [1.29, 1.82) is 5.26 Å². The second-order valence-corrected chi connectivity index (χ2v) is 10.6. The summed E-state index contributed by atoms with van der Waals surface area (Å²) in [6, 6.07) is 28.0. The number of aldehydes is 1. The van der Waals surface area contributed by atoms with Gasteiger partial charge in [-0.2, -0.15) is 10.2 Å². The molecule has 1 aliphatic rings. The molecule has 214 valence electrons. The van der Waals surface area contributed by atoms with Gasteiger partial charge in [-0.3, -0.25) is 4.79 Å². The van der Waals surface area contributed by atoms with Crippen LogP contribution in [0.4, 0.5) is 4.39 Å². The lowest BCUT2D eigenvalue weighted by Gasteiger charge is -2.08. The fourth-order valence-corrected chi connectivity index (χ4v) is 4.16. The summed E-state index contributed by atoms with van der Waals surface area (Å²) in [5, 5.41) is 15.6. The number of aryl methyl sites for hydroxylation is 1. The van der Waals surface area contributed by atoms with E-state index in [4.69, 9.17) is 14.2 Å². The highest BCUT2D eigenvalue weighted by Gasteiger charge is 2.30. The van der Waals surface area contributed by atoms with E-state index in [1.165, 1.54) is 11.6 Å². The number of carbonyl (C=O) groups excluding carboxylic acids is 1. The van der Waals surface area contributed by atoms with E-state index < -0.39 is 5.82 Å². The number of furan rings is 1. The highest BCUT2D eigenvalue weighted by atomic mass is 79.9. The minimum atomic E-state index is -0.400. The van der Waals surface area contributed by atoms with Crippen molar-refractivity contribution in [2.45, 2.75) is 38.1 Å². The Hall–Kier alpha value is -4.39. The van der Waals surface area contributed by atoms with Crippen molar-refractivity contribution in [2.24, 2.45) is 0 Å². The minimum Gasteiger partial charge on any atom is -0.453 e. The maximum atomic E-state index is 14.2. The second kappa shape index (κ2) is 15.0. The summed E-state index contributed by atoms with van der Waals surface area (Å²) in [6.45, 7) is 2.03. The van der Waals surface area contributed by atoms with Gasteiger partial charge in [-0.1, -0.05) is 75.2 Å². The summed E-state index contributed by atoms with van der Waals surface area (Å²) < 4.78 is 25.8. The van der Waals surface area contributed by atoms with Crippen molar-refractivity contribution in [1.82, 2.24) is 15.5 Å². The molecular weight excluding hydrogens is 599 g/mol. The predicted octanol–water partition coefficient (Wildman–Crippen LogP) is 7.92. The minimum absolute atomic E-state index is 0.284. The number of likely N-dealkylation sites (N-methyl/N-ethyl adjacent to an activating group) is 1. The summed E-state index contributed by atoms with van der Waals surface area (Å²) in [7, 11) is 1.71. The van der Waals surface area contributed by atoms with Crippen LogP contribution in [0.15, 0.2) is 98.3 Å². The van der Waals surface area contributed by atoms with Crippen LogP contribution in [0.2, 0.25) is 0 Å². The van der Waals surface area contributed by atoms with Crippen LogP contribution in [0, 0.1) is 24.1 Å². The summed E-state index contributed by atoms with van der Waals surface area (Å²) in [4.78, 5) is 14.7. The van der Waals surface area contributed by atoms with E-state index in [1.54, 1.807) is 31.3 Å². The van der Waals surface area contributed by atoms with E-state index in [9.17, 15) is 9.18 Å². The lowest BCUT2D eigenvalue weighted by Crippen LogP contribution is -2.25. The molecule has 0 amide bonds. The standard InChI is InChI=1S/C15H15FN4O.C12H10O2.C6H5Br/c1-18-11(8-17)6-9-2-5-12(13(16)7-9)14-19-15(21-20-14)10-3-4-10;1-9-2-4-10(5-3-9)12-7-6-11(8-13)14-12;7-6-4-2-1-3-5-6/h2,5,7,10-11,18H,3-4,6H2,1H3;2-8H,1H3;1-5H. The number of nitrogens with one attached hydrogen (secondary N) is 1. The smallest absolute Gasteiger partial charge is 0.230 e. The Morgan fingerprint density at radius 2 is 1.83 bits per heavy atom. The topological polar surface area (TPSA) is 105 Å². The first-order chi connectivity index (χ1) is 20.4. The zero-order valence-corrected chi connectivity index (χ0v) is 24.8. The first-order valence-electron chi connectivity index (χ1n) is 13.4. The summed E-state index contributed by atoms with van der Waals surface area (Å²) >= 11 is 3.31. The third-order valence-electron chi connectivity index (χ3n) is 6.40. The molecule has 1 fully saturated rings. The zero-order chi connectivity index (χ0) is 29.9. The van der Waals surface area contributed by atoms with Crippen LogP contribution in [-0.2, 0) is 6.42 Å². The van der Waals surface area contributed by atoms with Gasteiger partial charge in [0.25, 0.3) is 0 Å². The number of aromatic nitrogens is 2. The van der Waals surface area contributed by atoms with E-state index in [2.05, 4.69) is 37.5 Å². The zero-order valence-electron chi connectivity index (χ0n) is 23.3. The lowest BCUT2D eigenvalue weighted by atomic mass is 10.0. The Balaban J connectivity index is 0.000000165. The maximum absolute atomic E-state index is 14.2. The van der Waals surface area contributed by atoms with Gasteiger partial charge in [0.05, 0.1) is 17.7 Å². The molecule has 1 unspecified atom stereocenters. The normalized spacial score (nSPS) is 12.6. The van der Waals surface area contributed by atoms with Crippen molar-refractivity contribution in [2.75, 3.05) is 7.05 Å². The Bertz CT molecular complexity index is 1620. The highest BCUT2D eigenvalue weighted by molar-refractivity contribution is 9.10. The van der Waals surface area contributed by atoms with Gasteiger partial charge >= 0.3 is 0 Å². The second-order valence-electron chi connectivity index (χ2n) is 9.70. The average molecular weight is 630 g/mol. The van der Waals surface area contributed by atoms with Crippen LogP contribution in [-0.4, -0.2) is 29.5 Å². The molecule has 5 aromatic rings. The summed E-state index contributed by atoms with van der Waals surface area (Å²) in [6.07, 6.45) is 3.27. The molecule has 0 radical (unpaired) electrons. The van der Waals surface area contributed by atoms with Crippen molar-refractivity contribution in [3.05, 3.63) is 118 Å². The van der Waals surface area contributed by atoms with E-state index in [1.807, 2.05) is 61.5 Å². The largest absolute Gasteiger partial charge is 0.453 e. The molecule has 1 aliphatic carbocycles. The number of nitrogens with zero attached hydrogens (tertiary/aromatic N) is 3. The molecule has 2 heterocycles. The third kappa shape index (κ3) is 8.80. The Kier molecular flexibility index (Phi) is 10.9. The number of benzene rings is 3. The Morgan fingerprint density at radius 1 is 1.10 bits per heavy atom. The SMILES string of the molecule is Brc1ccccc1.CNC(C#N)Cc1ccc(-c2noc(C3CC3)n2)c(F)c1.Cc1ccc(-c2ccc(C=O)o2)cc1. The molecule has 0 spiro atoms. The molecule has 1 N–H and O–H groups in total. The molecule has 42 heavy (non-hydrogen) atoms. The fourth-order valence-electron chi connectivity index (χ4n) is 3.86. The molecule has 0 aliphatic heterocycles. The maximum Gasteiger partial charge on any atom is 0.230 e. The number of nitriles is 1. The molecule has 1 atom stereocenters. The van der Waals surface area contributed by atoms with Gasteiger partial charge in [0.2, 0.25) is 11.7 Å². The van der Waals surface area contributed by atoms with Crippen LogP contribution in [0.25, 0.3) is 22.7 Å². The van der Waals surface area contributed by atoms with Gasteiger partial charge in [0.1, 0.15) is 11.6 Å². The van der Waals surface area contributed by atoms with E-state index in [-0.39, 0.29) is 11.9 Å². The van der Waals surface area contributed by atoms with Crippen LogP contribution >= 0.6 is 15.9 Å². The molecule has 0 saturated heterocycles. The molecule has 1 saturated carbocycles. The Labute approximate surface area is 252 Å². The first-order valence-corrected chi connectivity index (χ1v) is 14.2. The molecule has 3 aromatic carbocycles. The molecule has 6 rings (SSSR count). The summed E-state index contributed by atoms with van der Waals surface area (Å²) in [5.41, 5.74) is 3.27. The molecule has 7 nitrogen and oxygen atoms in total. The number of hydrogen-bond acceptors (Lipinski definition) is 7. The Morgan fingerprint density at radius 3 is 2.38 bits per heavy atom. The highest BCUT2D eigenvalue weighted by Crippen LogP contribution is 2.39. The van der Waals surface area contributed by atoms with Crippen LogP contribution in [0.1, 0.15) is 46.3 Å². The van der Waals surface area contributed by atoms with E-state index in [0.717, 1.165) is 34.2 Å². The van der Waals surface area contributed by atoms with E-state index in [0.29, 0.717) is 35.8 Å². The monoisotopic (exact) mass is 628 g/mol. The first kappa shape index (κ1) is 30.6. The third-order valence-corrected chi connectivity index (χ3v) is 6.93. The van der Waals surface area contributed by atoms with E-state index >= 15 is 0 Å². The van der Waals surface area contributed by atoms with Crippen molar-refractivity contribution in [3.63, 3.8) is 0 Å². The van der Waals surface area contributed by atoms with Crippen LogP contribution in [0.5, 0.6) is 0 Å². The fraction of sp³-hybridized carbons (Fsp3) is 0.212. The van der Waals surface area contributed by atoms with Crippen LogP contribution < -0.4 is 5.32 Å². The number of carbonyl (C=O) groups is 1. The number of rotatable bonds is 7. The van der Waals surface area contributed by atoms with Gasteiger partial charge in [0.15, 0.2) is 12.0 Å². The van der Waals surface area contributed by atoms with Crippen molar-refractivity contribution < 1.29 is 18.1 Å². The van der Waals surface area contributed by atoms with Gasteiger partial charge in [-0.05, 0) is 68.8 Å². The van der Waals surface area contributed by atoms with Crippen LogP contribution in [0.3, 0.4) is 0 Å². The molecule has 0 bridgehead atoms. The lowest BCUT2D eigenvalue weighted by molar-refractivity contribution is 0.110. The van der Waals surface area contributed by atoms with Gasteiger partial charge in [0, 0.05) is 22.4 Å². The molecule has 9 heteroatoms.